The van der Waals surface area contributed by atoms with Crippen LogP contribution in [0.2, 0.25) is 0 Å². The van der Waals surface area contributed by atoms with Gasteiger partial charge in [-0.05, 0) is 51.4 Å². The van der Waals surface area contributed by atoms with E-state index in [2.05, 4.69) is 16.0 Å². The largest absolute Gasteiger partial charge is 0.493 e. The monoisotopic (exact) mass is 369 g/mol. The molecule has 2 amide bonds. The molecule has 0 aliphatic carbocycles. The molecule has 1 saturated heterocycles. The van der Waals surface area contributed by atoms with Crippen molar-refractivity contribution in [1.29, 1.82) is 0 Å². The molecule has 0 saturated carbocycles. The minimum atomic E-state index is -0.169. The first-order valence-corrected chi connectivity index (χ1v) is 8.70. The SMILES string of the molecule is CCOc1ccccc1C(=O)NCCCC(=O)NC1CCNCC1.Cl. The van der Waals surface area contributed by atoms with Crippen molar-refractivity contribution in [1.82, 2.24) is 16.0 Å². The Hall–Kier alpha value is -1.79. The van der Waals surface area contributed by atoms with Gasteiger partial charge in [0.25, 0.3) is 5.91 Å². The smallest absolute Gasteiger partial charge is 0.255 e. The lowest BCUT2D eigenvalue weighted by atomic mass is 10.1. The summed E-state index contributed by atoms with van der Waals surface area (Å²) in [6.45, 7) is 4.79. The third-order valence-corrected chi connectivity index (χ3v) is 4.00. The highest BCUT2D eigenvalue weighted by Crippen LogP contribution is 2.17. The number of nitrogens with one attached hydrogen (secondary N) is 3. The highest BCUT2D eigenvalue weighted by atomic mass is 35.5. The molecule has 0 bridgehead atoms. The number of amides is 2. The van der Waals surface area contributed by atoms with Gasteiger partial charge in [-0.2, -0.15) is 0 Å². The normalized spacial score (nSPS) is 14.3. The fourth-order valence-electron chi connectivity index (χ4n) is 2.75. The van der Waals surface area contributed by atoms with Gasteiger partial charge in [0.15, 0.2) is 0 Å². The summed E-state index contributed by atoms with van der Waals surface area (Å²) in [5.41, 5.74) is 0.526. The third kappa shape index (κ3) is 7.32. The number of rotatable bonds is 8. The molecule has 1 aliphatic heterocycles. The fraction of sp³-hybridized carbons (Fsp3) is 0.556. The standard InChI is InChI=1S/C18H27N3O3.ClH/c1-2-24-16-7-4-3-6-15(16)18(23)20-11-5-8-17(22)21-14-9-12-19-13-10-14;/h3-4,6-7,14,19H,2,5,8-13H2,1H3,(H,20,23)(H,21,22);1H. The summed E-state index contributed by atoms with van der Waals surface area (Å²) in [4.78, 5) is 24.1. The Bertz CT molecular complexity index is 548. The van der Waals surface area contributed by atoms with Crippen molar-refractivity contribution in [3.63, 3.8) is 0 Å². The van der Waals surface area contributed by atoms with Crippen LogP contribution in [0.4, 0.5) is 0 Å². The van der Waals surface area contributed by atoms with Crippen LogP contribution in [0, 0.1) is 0 Å². The molecule has 1 fully saturated rings. The summed E-state index contributed by atoms with van der Waals surface area (Å²) in [6, 6.07) is 7.46. The number of carbonyl (C=O) groups excluding carboxylic acids is 2. The lowest BCUT2D eigenvalue weighted by Crippen LogP contribution is -2.42. The number of para-hydroxylation sites is 1. The molecule has 0 unspecified atom stereocenters. The Morgan fingerprint density at radius 1 is 1.24 bits per heavy atom. The van der Waals surface area contributed by atoms with Crippen molar-refractivity contribution >= 4 is 24.2 Å². The van der Waals surface area contributed by atoms with Crippen molar-refractivity contribution in [2.75, 3.05) is 26.2 Å². The van der Waals surface area contributed by atoms with E-state index in [1.807, 2.05) is 19.1 Å². The second kappa shape index (κ2) is 11.7. The van der Waals surface area contributed by atoms with Gasteiger partial charge in [-0.15, -0.1) is 12.4 Å². The van der Waals surface area contributed by atoms with Gasteiger partial charge in [0.2, 0.25) is 5.91 Å². The molecule has 6 nitrogen and oxygen atoms in total. The first kappa shape index (κ1) is 21.3. The minimum absolute atomic E-state index is 0. The molecule has 0 atom stereocenters. The molecule has 0 aromatic heterocycles. The van der Waals surface area contributed by atoms with Gasteiger partial charge in [-0.25, -0.2) is 0 Å². The molecular formula is C18H28ClN3O3. The number of hydrogen-bond donors (Lipinski definition) is 3. The summed E-state index contributed by atoms with van der Waals surface area (Å²) in [5, 5.41) is 9.17. The van der Waals surface area contributed by atoms with Crippen LogP contribution in [0.15, 0.2) is 24.3 Å². The second-order valence-electron chi connectivity index (χ2n) is 5.88. The van der Waals surface area contributed by atoms with Crippen LogP contribution in [0.5, 0.6) is 5.75 Å². The van der Waals surface area contributed by atoms with E-state index < -0.39 is 0 Å². The zero-order valence-electron chi connectivity index (χ0n) is 14.7. The quantitative estimate of drug-likeness (QED) is 0.611. The van der Waals surface area contributed by atoms with Crippen molar-refractivity contribution in [3.8, 4) is 5.75 Å². The Labute approximate surface area is 155 Å². The van der Waals surface area contributed by atoms with Gasteiger partial charge in [-0.3, -0.25) is 9.59 Å². The van der Waals surface area contributed by atoms with E-state index in [-0.39, 0.29) is 30.3 Å². The fourth-order valence-corrected chi connectivity index (χ4v) is 2.75. The summed E-state index contributed by atoms with van der Waals surface area (Å²) in [5.74, 6) is 0.477. The topological polar surface area (TPSA) is 79.5 Å². The maximum atomic E-state index is 12.2. The van der Waals surface area contributed by atoms with Gasteiger partial charge in [0, 0.05) is 19.0 Å². The molecule has 1 aliphatic rings. The molecule has 3 N–H and O–H groups in total. The van der Waals surface area contributed by atoms with E-state index in [1.54, 1.807) is 12.1 Å². The van der Waals surface area contributed by atoms with Gasteiger partial charge in [-0.1, -0.05) is 12.1 Å². The van der Waals surface area contributed by atoms with Crippen LogP contribution in [0.1, 0.15) is 43.0 Å². The van der Waals surface area contributed by atoms with Crippen LogP contribution in [-0.2, 0) is 4.79 Å². The van der Waals surface area contributed by atoms with Crippen molar-refractivity contribution in [3.05, 3.63) is 29.8 Å². The van der Waals surface area contributed by atoms with Crippen LogP contribution in [0.3, 0.4) is 0 Å². The van der Waals surface area contributed by atoms with E-state index in [4.69, 9.17) is 4.74 Å². The minimum Gasteiger partial charge on any atom is -0.493 e. The van der Waals surface area contributed by atoms with E-state index in [1.165, 1.54) is 0 Å². The van der Waals surface area contributed by atoms with Crippen LogP contribution in [-0.4, -0.2) is 44.1 Å². The maximum Gasteiger partial charge on any atom is 0.255 e. The van der Waals surface area contributed by atoms with E-state index >= 15 is 0 Å². The molecule has 1 heterocycles. The highest BCUT2D eigenvalue weighted by molar-refractivity contribution is 5.96. The van der Waals surface area contributed by atoms with Gasteiger partial charge in [0.05, 0.1) is 12.2 Å². The lowest BCUT2D eigenvalue weighted by Gasteiger charge is -2.23. The Balaban J connectivity index is 0.00000312. The zero-order chi connectivity index (χ0) is 17.2. The average Bonchev–Trinajstić information content (AvgIpc) is 2.60. The zero-order valence-corrected chi connectivity index (χ0v) is 15.5. The molecule has 0 spiro atoms. The maximum absolute atomic E-state index is 12.2. The van der Waals surface area contributed by atoms with Crippen molar-refractivity contribution in [2.45, 2.75) is 38.6 Å². The summed E-state index contributed by atoms with van der Waals surface area (Å²) in [7, 11) is 0. The van der Waals surface area contributed by atoms with Gasteiger partial charge < -0.3 is 20.7 Å². The number of halogens is 1. The van der Waals surface area contributed by atoms with Crippen molar-refractivity contribution < 1.29 is 14.3 Å². The number of benzene rings is 1. The summed E-state index contributed by atoms with van der Waals surface area (Å²) in [6.07, 6.45) is 3.02. The Morgan fingerprint density at radius 2 is 1.96 bits per heavy atom. The molecule has 140 valence electrons. The average molecular weight is 370 g/mol. The molecule has 7 heteroatoms. The third-order valence-electron chi connectivity index (χ3n) is 4.00. The number of piperidine rings is 1. The Morgan fingerprint density at radius 3 is 2.68 bits per heavy atom. The highest BCUT2D eigenvalue weighted by Gasteiger charge is 2.15. The number of ether oxygens (including phenoxy) is 1. The van der Waals surface area contributed by atoms with E-state index in [9.17, 15) is 9.59 Å². The van der Waals surface area contributed by atoms with Crippen molar-refractivity contribution in [2.24, 2.45) is 0 Å². The first-order valence-electron chi connectivity index (χ1n) is 8.70. The van der Waals surface area contributed by atoms with Crippen LogP contribution in [0.25, 0.3) is 0 Å². The number of carbonyl (C=O) groups is 2. The van der Waals surface area contributed by atoms with E-state index in [0.29, 0.717) is 37.3 Å². The van der Waals surface area contributed by atoms with Crippen LogP contribution < -0.4 is 20.7 Å². The molecule has 0 radical (unpaired) electrons. The first-order chi connectivity index (χ1) is 11.7. The molecular weight excluding hydrogens is 342 g/mol. The molecule has 2 rings (SSSR count). The predicted molar refractivity (Wildman–Crippen MR) is 100 cm³/mol. The lowest BCUT2D eigenvalue weighted by molar-refractivity contribution is -0.122. The van der Waals surface area contributed by atoms with E-state index in [0.717, 1.165) is 25.9 Å². The van der Waals surface area contributed by atoms with Gasteiger partial charge >= 0.3 is 0 Å². The van der Waals surface area contributed by atoms with Gasteiger partial charge in [0.1, 0.15) is 5.75 Å². The van der Waals surface area contributed by atoms with Crippen LogP contribution >= 0.6 is 12.4 Å². The molecule has 1 aromatic rings. The molecule has 1 aromatic carbocycles. The number of hydrogen-bond acceptors (Lipinski definition) is 4. The summed E-state index contributed by atoms with van der Waals surface area (Å²) < 4.78 is 5.46. The predicted octanol–water partition coefficient (Wildman–Crippen LogP) is 1.89. The summed E-state index contributed by atoms with van der Waals surface area (Å²) >= 11 is 0. The molecule has 25 heavy (non-hydrogen) atoms. The second-order valence-corrected chi connectivity index (χ2v) is 5.88. The Kier molecular flexibility index (Phi) is 9.96.